The van der Waals surface area contributed by atoms with E-state index in [1.807, 2.05) is 39.6 Å². The van der Waals surface area contributed by atoms with Crippen LogP contribution in [0.15, 0.2) is 24.3 Å². The number of para-hydroxylation sites is 1. The highest BCUT2D eigenvalue weighted by Gasteiger charge is 2.28. The molecule has 0 unspecified atom stereocenters. The maximum atomic E-state index is 12.8. The van der Waals surface area contributed by atoms with Crippen molar-refractivity contribution >= 4 is 22.8 Å². The second-order valence-electron chi connectivity index (χ2n) is 7.81. The molecule has 2 saturated heterocycles. The fourth-order valence-corrected chi connectivity index (χ4v) is 4.42. The van der Waals surface area contributed by atoms with Gasteiger partial charge in [0.15, 0.2) is 0 Å². The van der Waals surface area contributed by atoms with Crippen molar-refractivity contribution in [2.75, 3.05) is 26.2 Å². The highest BCUT2D eigenvalue weighted by molar-refractivity contribution is 5.99. The summed E-state index contributed by atoms with van der Waals surface area (Å²) in [5.41, 5.74) is 2.96. The summed E-state index contributed by atoms with van der Waals surface area (Å²) >= 11 is 0. The average molecular weight is 368 g/mol. The van der Waals surface area contributed by atoms with Crippen LogP contribution in [-0.2, 0) is 7.05 Å². The highest BCUT2D eigenvalue weighted by atomic mass is 16.2. The Balaban J connectivity index is 1.38. The van der Waals surface area contributed by atoms with Gasteiger partial charge in [-0.2, -0.15) is 0 Å². The van der Waals surface area contributed by atoms with Gasteiger partial charge in [-0.1, -0.05) is 18.2 Å². The summed E-state index contributed by atoms with van der Waals surface area (Å²) in [7, 11) is 1.95. The third kappa shape index (κ3) is 3.40. The molecule has 0 spiro atoms. The number of rotatable bonds is 2. The number of amides is 3. The lowest BCUT2D eigenvalue weighted by molar-refractivity contribution is 0.0905. The SMILES string of the molecule is Cc1cccc2cc(C(=O)NC3CCN(C(=O)N4CCCC4)CC3)n(C)c12. The molecule has 0 atom stereocenters. The van der Waals surface area contributed by atoms with Crippen LogP contribution >= 0.6 is 0 Å². The molecule has 3 heterocycles. The van der Waals surface area contributed by atoms with Crippen molar-refractivity contribution in [3.63, 3.8) is 0 Å². The minimum atomic E-state index is -0.0302. The minimum Gasteiger partial charge on any atom is -0.348 e. The Morgan fingerprint density at radius 3 is 2.37 bits per heavy atom. The van der Waals surface area contributed by atoms with Gasteiger partial charge in [0.2, 0.25) is 0 Å². The van der Waals surface area contributed by atoms with E-state index in [4.69, 9.17) is 0 Å². The van der Waals surface area contributed by atoms with E-state index in [0.717, 1.165) is 49.7 Å². The first kappa shape index (κ1) is 17.9. The molecule has 2 aromatic rings. The van der Waals surface area contributed by atoms with Gasteiger partial charge in [-0.05, 0) is 44.2 Å². The number of nitrogens with one attached hydrogen (secondary N) is 1. The van der Waals surface area contributed by atoms with E-state index in [-0.39, 0.29) is 18.0 Å². The van der Waals surface area contributed by atoms with Gasteiger partial charge in [0, 0.05) is 44.7 Å². The number of benzene rings is 1. The van der Waals surface area contributed by atoms with Crippen LogP contribution in [0.1, 0.15) is 41.7 Å². The van der Waals surface area contributed by atoms with Crippen LogP contribution in [0, 0.1) is 6.92 Å². The van der Waals surface area contributed by atoms with Gasteiger partial charge in [-0.15, -0.1) is 0 Å². The number of nitrogens with zero attached hydrogens (tertiary/aromatic N) is 3. The lowest BCUT2D eigenvalue weighted by atomic mass is 10.1. The quantitative estimate of drug-likeness (QED) is 0.886. The summed E-state index contributed by atoms with van der Waals surface area (Å²) in [6, 6.07) is 8.38. The molecule has 27 heavy (non-hydrogen) atoms. The number of likely N-dealkylation sites (tertiary alicyclic amines) is 2. The van der Waals surface area contributed by atoms with Crippen LogP contribution < -0.4 is 5.32 Å². The maximum absolute atomic E-state index is 12.8. The fourth-order valence-electron chi connectivity index (χ4n) is 4.42. The van der Waals surface area contributed by atoms with Gasteiger partial charge in [0.05, 0.1) is 5.52 Å². The second-order valence-corrected chi connectivity index (χ2v) is 7.81. The van der Waals surface area contributed by atoms with E-state index in [0.29, 0.717) is 18.8 Å². The molecule has 144 valence electrons. The molecule has 2 aliphatic rings. The molecule has 1 aromatic carbocycles. The Morgan fingerprint density at radius 2 is 1.70 bits per heavy atom. The van der Waals surface area contributed by atoms with Crippen molar-refractivity contribution in [1.29, 1.82) is 0 Å². The first-order valence-electron chi connectivity index (χ1n) is 9.94. The number of carbonyl (C=O) groups is 2. The summed E-state index contributed by atoms with van der Waals surface area (Å²) in [5, 5.41) is 4.27. The molecule has 3 amide bonds. The van der Waals surface area contributed by atoms with E-state index in [1.54, 1.807) is 0 Å². The lowest BCUT2D eigenvalue weighted by Crippen LogP contribution is -2.50. The van der Waals surface area contributed by atoms with E-state index in [2.05, 4.69) is 18.3 Å². The van der Waals surface area contributed by atoms with E-state index in [9.17, 15) is 9.59 Å². The number of hydrogen-bond donors (Lipinski definition) is 1. The molecule has 0 bridgehead atoms. The third-order valence-electron chi connectivity index (χ3n) is 5.97. The molecule has 2 fully saturated rings. The van der Waals surface area contributed by atoms with Crippen molar-refractivity contribution in [2.24, 2.45) is 7.05 Å². The Kier molecular flexibility index (Phi) is 4.81. The molecule has 0 saturated carbocycles. The zero-order chi connectivity index (χ0) is 19.0. The van der Waals surface area contributed by atoms with Crippen molar-refractivity contribution < 1.29 is 9.59 Å². The largest absolute Gasteiger partial charge is 0.348 e. The maximum Gasteiger partial charge on any atom is 0.319 e. The number of piperidine rings is 1. The number of carbonyl (C=O) groups excluding carboxylic acids is 2. The fraction of sp³-hybridized carbons (Fsp3) is 0.524. The molecular weight excluding hydrogens is 340 g/mol. The first-order chi connectivity index (χ1) is 13.0. The van der Waals surface area contributed by atoms with Crippen LogP contribution in [-0.4, -0.2) is 58.5 Å². The Labute approximate surface area is 160 Å². The molecule has 6 nitrogen and oxygen atoms in total. The first-order valence-corrected chi connectivity index (χ1v) is 9.94. The summed E-state index contributed by atoms with van der Waals surface area (Å²) in [6.45, 7) is 5.27. The molecule has 1 aromatic heterocycles. The normalized spacial score (nSPS) is 18.3. The highest BCUT2D eigenvalue weighted by Crippen LogP contribution is 2.23. The second kappa shape index (κ2) is 7.25. The van der Waals surface area contributed by atoms with Crippen LogP contribution in [0.4, 0.5) is 4.79 Å². The van der Waals surface area contributed by atoms with Crippen LogP contribution in [0.3, 0.4) is 0 Å². The summed E-state index contributed by atoms with van der Waals surface area (Å²) in [6.07, 6.45) is 3.86. The molecule has 0 radical (unpaired) electrons. The summed E-state index contributed by atoms with van der Waals surface area (Å²) in [5.74, 6) is -0.0302. The Bertz CT molecular complexity index is 858. The smallest absolute Gasteiger partial charge is 0.319 e. The number of urea groups is 1. The van der Waals surface area contributed by atoms with Gasteiger partial charge in [0.1, 0.15) is 5.69 Å². The lowest BCUT2D eigenvalue weighted by Gasteiger charge is -2.34. The molecule has 0 aliphatic carbocycles. The summed E-state index contributed by atoms with van der Waals surface area (Å²) in [4.78, 5) is 29.2. The van der Waals surface area contributed by atoms with Crippen LogP contribution in [0.25, 0.3) is 10.9 Å². The predicted octanol–water partition coefficient (Wildman–Crippen LogP) is 2.90. The molecule has 1 N–H and O–H groups in total. The van der Waals surface area contributed by atoms with E-state index >= 15 is 0 Å². The standard InChI is InChI=1S/C21H28N4O2/c1-15-6-5-7-16-14-18(23(2)19(15)16)20(26)22-17-8-12-25(13-9-17)21(27)24-10-3-4-11-24/h5-7,14,17H,3-4,8-13H2,1-2H3,(H,22,26). The zero-order valence-corrected chi connectivity index (χ0v) is 16.2. The van der Waals surface area contributed by atoms with Gasteiger partial charge in [0.25, 0.3) is 5.91 Å². The average Bonchev–Trinajstić information content (AvgIpc) is 3.31. The van der Waals surface area contributed by atoms with Crippen molar-refractivity contribution in [3.05, 3.63) is 35.5 Å². The van der Waals surface area contributed by atoms with Crippen molar-refractivity contribution in [2.45, 2.75) is 38.6 Å². The Hall–Kier alpha value is -2.50. The number of aromatic nitrogens is 1. The number of aryl methyl sites for hydroxylation is 2. The van der Waals surface area contributed by atoms with Crippen LogP contribution in [0.5, 0.6) is 0 Å². The van der Waals surface area contributed by atoms with Crippen molar-refractivity contribution in [3.8, 4) is 0 Å². The van der Waals surface area contributed by atoms with Gasteiger partial charge in [-0.25, -0.2) is 4.79 Å². The topological polar surface area (TPSA) is 57.6 Å². The van der Waals surface area contributed by atoms with Gasteiger partial charge >= 0.3 is 6.03 Å². The van der Waals surface area contributed by atoms with E-state index in [1.165, 1.54) is 5.56 Å². The van der Waals surface area contributed by atoms with Gasteiger partial charge < -0.3 is 19.7 Å². The van der Waals surface area contributed by atoms with Gasteiger partial charge in [-0.3, -0.25) is 4.79 Å². The number of hydrogen-bond acceptors (Lipinski definition) is 2. The predicted molar refractivity (Wildman–Crippen MR) is 106 cm³/mol. The third-order valence-corrected chi connectivity index (χ3v) is 5.97. The van der Waals surface area contributed by atoms with E-state index < -0.39 is 0 Å². The molecule has 4 rings (SSSR count). The summed E-state index contributed by atoms with van der Waals surface area (Å²) < 4.78 is 1.98. The van der Waals surface area contributed by atoms with Crippen molar-refractivity contribution in [1.82, 2.24) is 19.7 Å². The monoisotopic (exact) mass is 368 g/mol. The van der Waals surface area contributed by atoms with Crippen LogP contribution in [0.2, 0.25) is 0 Å². The Morgan fingerprint density at radius 1 is 1.04 bits per heavy atom. The minimum absolute atomic E-state index is 0.0302. The molecular formula is C21H28N4O2. The molecule has 6 heteroatoms. The number of fused-ring (bicyclic) bond motifs is 1. The zero-order valence-electron chi connectivity index (χ0n) is 16.2. The molecule has 2 aliphatic heterocycles.